The Bertz CT molecular complexity index is 265. The highest BCUT2D eigenvalue weighted by atomic mass is 16.5. The third-order valence-electron chi connectivity index (χ3n) is 3.28. The van der Waals surface area contributed by atoms with Gasteiger partial charge in [0.25, 0.3) is 0 Å². The van der Waals surface area contributed by atoms with Crippen LogP contribution in [0.2, 0.25) is 0 Å². The maximum Gasteiger partial charge on any atom is 0.407 e. The van der Waals surface area contributed by atoms with E-state index in [-0.39, 0.29) is 12.1 Å². The van der Waals surface area contributed by atoms with E-state index in [2.05, 4.69) is 18.3 Å². The van der Waals surface area contributed by atoms with Crippen LogP contribution in [0.1, 0.15) is 51.9 Å². The molecule has 1 N–H and O–H groups in total. The number of nitrogens with zero attached hydrogens (tertiary/aromatic N) is 1. The first kappa shape index (κ1) is 13.8. The van der Waals surface area contributed by atoms with Crippen molar-refractivity contribution in [3.05, 3.63) is 0 Å². The molecule has 0 aromatic heterocycles. The normalized spacial score (nSPS) is 23.8. The summed E-state index contributed by atoms with van der Waals surface area (Å²) in [5.74, 6) is 0.522. The molecule has 0 radical (unpaired) electrons. The number of hydrogen-bond donors (Lipinski definition) is 1. The number of hydrogen-bond acceptors (Lipinski definition) is 3. The predicted molar refractivity (Wildman–Crippen MR) is 65.4 cm³/mol. The molecule has 0 unspecified atom stereocenters. The molecule has 0 spiro atoms. The lowest BCUT2D eigenvalue weighted by Crippen LogP contribution is -2.38. The van der Waals surface area contributed by atoms with Gasteiger partial charge in [0.1, 0.15) is 0 Å². The summed E-state index contributed by atoms with van der Waals surface area (Å²) in [4.78, 5) is 11.4. The van der Waals surface area contributed by atoms with Crippen molar-refractivity contribution in [2.75, 3.05) is 6.61 Å². The standard InChI is InChI=1S/C13H22N2O2/c1-2-3-10-17-13(16)15-12-6-4-11(5-7-12)8-9-14/h11-12H,2-8,10H2,1H3,(H,15,16). The van der Waals surface area contributed by atoms with Crippen LogP contribution in [0.4, 0.5) is 4.79 Å². The van der Waals surface area contributed by atoms with Crippen molar-refractivity contribution in [3.63, 3.8) is 0 Å². The van der Waals surface area contributed by atoms with Crippen LogP contribution in [0, 0.1) is 17.2 Å². The van der Waals surface area contributed by atoms with Gasteiger partial charge in [0.2, 0.25) is 0 Å². The molecule has 96 valence electrons. The third kappa shape index (κ3) is 5.58. The van der Waals surface area contributed by atoms with E-state index in [4.69, 9.17) is 10.00 Å². The van der Waals surface area contributed by atoms with E-state index < -0.39 is 0 Å². The Balaban J connectivity index is 2.13. The number of ether oxygens (including phenoxy) is 1. The van der Waals surface area contributed by atoms with E-state index >= 15 is 0 Å². The molecule has 4 nitrogen and oxygen atoms in total. The Morgan fingerprint density at radius 3 is 2.71 bits per heavy atom. The number of nitriles is 1. The highest BCUT2D eigenvalue weighted by molar-refractivity contribution is 5.67. The zero-order chi connectivity index (χ0) is 12.5. The molecule has 1 aliphatic carbocycles. The van der Waals surface area contributed by atoms with Crippen molar-refractivity contribution in [1.29, 1.82) is 5.26 Å². The smallest absolute Gasteiger partial charge is 0.407 e. The summed E-state index contributed by atoms with van der Waals surface area (Å²) < 4.78 is 5.06. The van der Waals surface area contributed by atoms with Crippen molar-refractivity contribution < 1.29 is 9.53 Å². The first-order valence-corrected chi connectivity index (χ1v) is 6.56. The molecule has 0 aromatic rings. The summed E-state index contributed by atoms with van der Waals surface area (Å²) in [5.41, 5.74) is 0. The molecule has 1 saturated carbocycles. The molecular weight excluding hydrogens is 216 g/mol. The summed E-state index contributed by atoms with van der Waals surface area (Å²) in [5, 5.41) is 11.5. The highest BCUT2D eigenvalue weighted by Gasteiger charge is 2.22. The number of amides is 1. The number of nitrogens with one attached hydrogen (secondary N) is 1. The largest absolute Gasteiger partial charge is 0.450 e. The Hall–Kier alpha value is -1.24. The first-order valence-electron chi connectivity index (χ1n) is 6.56. The quantitative estimate of drug-likeness (QED) is 0.749. The maximum absolute atomic E-state index is 11.4. The van der Waals surface area contributed by atoms with Gasteiger partial charge in [0, 0.05) is 12.5 Å². The molecule has 0 bridgehead atoms. The van der Waals surface area contributed by atoms with Crippen LogP contribution in [0.3, 0.4) is 0 Å². The Labute approximate surface area is 103 Å². The van der Waals surface area contributed by atoms with Crippen LogP contribution in [0.5, 0.6) is 0 Å². The lowest BCUT2D eigenvalue weighted by atomic mass is 9.84. The summed E-state index contributed by atoms with van der Waals surface area (Å²) >= 11 is 0. The molecule has 17 heavy (non-hydrogen) atoms. The molecule has 0 heterocycles. The van der Waals surface area contributed by atoms with E-state index in [0.29, 0.717) is 18.9 Å². The van der Waals surface area contributed by atoms with Gasteiger partial charge in [-0.2, -0.15) is 5.26 Å². The van der Waals surface area contributed by atoms with E-state index in [1.54, 1.807) is 0 Å². The van der Waals surface area contributed by atoms with Crippen LogP contribution in [-0.4, -0.2) is 18.7 Å². The Morgan fingerprint density at radius 2 is 2.12 bits per heavy atom. The molecule has 4 heteroatoms. The molecule has 1 rings (SSSR count). The van der Waals surface area contributed by atoms with Crippen LogP contribution in [0.15, 0.2) is 0 Å². The number of alkyl carbamates (subject to hydrolysis) is 1. The van der Waals surface area contributed by atoms with Crippen molar-refractivity contribution in [1.82, 2.24) is 5.32 Å². The molecule has 0 saturated heterocycles. The topological polar surface area (TPSA) is 62.1 Å². The van der Waals surface area contributed by atoms with Gasteiger partial charge >= 0.3 is 6.09 Å². The molecule has 1 aliphatic rings. The summed E-state index contributed by atoms with van der Waals surface area (Å²) in [6.07, 6.45) is 6.32. The Kier molecular flexibility index (Phi) is 6.46. The maximum atomic E-state index is 11.4. The van der Waals surface area contributed by atoms with Crippen LogP contribution in [0.25, 0.3) is 0 Å². The van der Waals surface area contributed by atoms with Crippen LogP contribution < -0.4 is 5.32 Å². The lowest BCUT2D eigenvalue weighted by molar-refractivity contribution is 0.136. The second kappa shape index (κ2) is 7.94. The molecule has 0 aliphatic heterocycles. The molecule has 1 amide bonds. The van der Waals surface area contributed by atoms with Crippen LogP contribution >= 0.6 is 0 Å². The van der Waals surface area contributed by atoms with Crippen molar-refractivity contribution in [2.45, 2.75) is 57.9 Å². The minimum Gasteiger partial charge on any atom is -0.450 e. The molecule has 0 aromatic carbocycles. The Morgan fingerprint density at radius 1 is 1.41 bits per heavy atom. The highest BCUT2D eigenvalue weighted by Crippen LogP contribution is 2.26. The minimum absolute atomic E-state index is 0.235. The molecular formula is C13H22N2O2. The fourth-order valence-corrected chi connectivity index (χ4v) is 2.16. The van der Waals surface area contributed by atoms with Gasteiger partial charge in [0.15, 0.2) is 0 Å². The van der Waals surface area contributed by atoms with Crippen molar-refractivity contribution >= 4 is 6.09 Å². The van der Waals surface area contributed by atoms with Gasteiger partial charge in [-0.3, -0.25) is 0 Å². The van der Waals surface area contributed by atoms with E-state index in [0.717, 1.165) is 38.5 Å². The SMILES string of the molecule is CCCCOC(=O)NC1CCC(CC#N)CC1. The number of carbonyl (C=O) groups excluding carboxylic acids is 1. The van der Waals surface area contributed by atoms with E-state index in [1.807, 2.05) is 0 Å². The second-order valence-corrected chi connectivity index (χ2v) is 4.71. The van der Waals surface area contributed by atoms with Gasteiger partial charge in [-0.25, -0.2) is 4.79 Å². The minimum atomic E-state index is -0.290. The number of carbonyl (C=O) groups is 1. The summed E-state index contributed by atoms with van der Waals surface area (Å²) in [7, 11) is 0. The van der Waals surface area contributed by atoms with Gasteiger partial charge in [0.05, 0.1) is 12.7 Å². The zero-order valence-electron chi connectivity index (χ0n) is 10.6. The summed E-state index contributed by atoms with van der Waals surface area (Å²) in [6.45, 7) is 2.57. The van der Waals surface area contributed by atoms with Crippen LogP contribution in [-0.2, 0) is 4.74 Å². The predicted octanol–water partition coefficient (Wildman–Crippen LogP) is 2.99. The van der Waals surface area contributed by atoms with Gasteiger partial charge < -0.3 is 10.1 Å². The zero-order valence-corrected chi connectivity index (χ0v) is 10.6. The van der Waals surface area contributed by atoms with E-state index in [1.165, 1.54) is 0 Å². The first-order chi connectivity index (χ1) is 8.26. The molecule has 0 atom stereocenters. The molecule has 1 fully saturated rings. The van der Waals surface area contributed by atoms with Gasteiger partial charge in [-0.1, -0.05) is 13.3 Å². The fraction of sp³-hybridized carbons (Fsp3) is 0.846. The van der Waals surface area contributed by atoms with Gasteiger partial charge in [-0.05, 0) is 38.0 Å². The number of unbranched alkanes of at least 4 members (excludes halogenated alkanes) is 1. The van der Waals surface area contributed by atoms with Crippen molar-refractivity contribution in [2.24, 2.45) is 5.92 Å². The lowest BCUT2D eigenvalue weighted by Gasteiger charge is -2.27. The van der Waals surface area contributed by atoms with Crippen molar-refractivity contribution in [3.8, 4) is 6.07 Å². The average Bonchev–Trinajstić information content (AvgIpc) is 2.32. The monoisotopic (exact) mass is 238 g/mol. The third-order valence-corrected chi connectivity index (χ3v) is 3.28. The number of rotatable bonds is 5. The fourth-order valence-electron chi connectivity index (χ4n) is 2.16. The van der Waals surface area contributed by atoms with Gasteiger partial charge in [-0.15, -0.1) is 0 Å². The summed E-state index contributed by atoms with van der Waals surface area (Å²) in [6, 6.07) is 2.45. The second-order valence-electron chi connectivity index (χ2n) is 4.71. The average molecular weight is 238 g/mol. The van der Waals surface area contributed by atoms with E-state index in [9.17, 15) is 4.79 Å².